The Kier molecular flexibility index (Phi) is 3.75. The molecule has 1 aromatic heterocycles. The van der Waals surface area contributed by atoms with Crippen molar-refractivity contribution in [3.05, 3.63) is 108 Å². The number of benzene rings is 6. The number of furan rings is 1. The molecule has 33 heavy (non-hydrogen) atoms. The van der Waals surface area contributed by atoms with Gasteiger partial charge in [0.1, 0.15) is 11.3 Å². The molecule has 0 unspecified atom stereocenters. The Morgan fingerprint density at radius 2 is 1.06 bits per heavy atom. The van der Waals surface area contributed by atoms with E-state index in [2.05, 4.69) is 111 Å². The van der Waals surface area contributed by atoms with E-state index in [4.69, 9.17) is 4.42 Å². The van der Waals surface area contributed by atoms with Crippen molar-refractivity contribution >= 4 is 43.3 Å². The average molecular weight is 423 g/mol. The maximum atomic E-state index is 6.33. The molecule has 0 aliphatic rings. The van der Waals surface area contributed by atoms with Gasteiger partial charge in [0.2, 0.25) is 0 Å². The smallest absolute Gasteiger partial charge is 0.136 e. The minimum absolute atomic E-state index is 0.923. The van der Waals surface area contributed by atoms with E-state index >= 15 is 0 Å². The molecule has 156 valence electrons. The highest BCUT2D eigenvalue weighted by Crippen LogP contribution is 2.43. The summed E-state index contributed by atoms with van der Waals surface area (Å²) in [6.07, 6.45) is 0. The van der Waals surface area contributed by atoms with Crippen molar-refractivity contribution in [3.63, 3.8) is 0 Å². The van der Waals surface area contributed by atoms with Gasteiger partial charge in [-0.2, -0.15) is 0 Å². The Morgan fingerprint density at radius 1 is 0.485 bits per heavy atom. The van der Waals surface area contributed by atoms with Crippen molar-refractivity contribution in [2.75, 3.05) is 0 Å². The van der Waals surface area contributed by atoms with E-state index in [1.807, 2.05) is 0 Å². The maximum Gasteiger partial charge on any atom is 0.136 e. The molecule has 0 N–H and O–H groups in total. The van der Waals surface area contributed by atoms with E-state index in [1.54, 1.807) is 0 Å². The fourth-order valence-electron chi connectivity index (χ4n) is 5.27. The monoisotopic (exact) mass is 422 g/mol. The molecule has 0 fully saturated rings. The Bertz CT molecular complexity index is 1820. The van der Waals surface area contributed by atoms with Crippen LogP contribution < -0.4 is 0 Å². The van der Waals surface area contributed by atoms with Gasteiger partial charge in [-0.05, 0) is 81.1 Å². The van der Waals surface area contributed by atoms with Crippen LogP contribution in [0.3, 0.4) is 0 Å². The second-order valence-corrected chi connectivity index (χ2v) is 9.17. The van der Waals surface area contributed by atoms with Crippen LogP contribution in [-0.4, -0.2) is 0 Å². The summed E-state index contributed by atoms with van der Waals surface area (Å²) in [6.45, 7) is 4.23. The molecule has 7 aromatic rings. The molecule has 1 heteroatoms. The van der Waals surface area contributed by atoms with E-state index in [0.29, 0.717) is 0 Å². The lowest BCUT2D eigenvalue weighted by Crippen LogP contribution is -1.89. The van der Waals surface area contributed by atoms with E-state index in [-0.39, 0.29) is 0 Å². The number of hydrogen-bond donors (Lipinski definition) is 0. The highest BCUT2D eigenvalue weighted by Gasteiger charge is 2.16. The molecule has 7 rings (SSSR count). The number of aryl methyl sites for hydroxylation is 2. The lowest BCUT2D eigenvalue weighted by atomic mass is 9.88. The first-order valence-electron chi connectivity index (χ1n) is 11.4. The fourth-order valence-corrected chi connectivity index (χ4v) is 5.27. The van der Waals surface area contributed by atoms with Crippen LogP contribution in [0, 0.1) is 13.8 Å². The molecular formula is C32H22O. The second-order valence-electron chi connectivity index (χ2n) is 9.17. The standard InChI is InChI=1S/C32H22O/c1-19-3-6-21(7-4-19)25-13-9-22-12-16-28-26(14-10-23-11-15-27(25)31(22)32(23)28)30-18-24-8-5-20(2)17-29(24)33-30/h3-18H,1-2H3. The molecule has 1 heterocycles. The third kappa shape index (κ3) is 2.72. The van der Waals surface area contributed by atoms with Crippen LogP contribution in [0.1, 0.15) is 11.1 Å². The van der Waals surface area contributed by atoms with Gasteiger partial charge in [0.05, 0.1) is 0 Å². The van der Waals surface area contributed by atoms with E-state index in [0.717, 1.165) is 22.3 Å². The van der Waals surface area contributed by atoms with Crippen LogP contribution in [-0.2, 0) is 0 Å². The number of rotatable bonds is 2. The van der Waals surface area contributed by atoms with Gasteiger partial charge in [-0.1, -0.05) is 84.4 Å². The molecule has 0 aliphatic carbocycles. The predicted octanol–water partition coefficient (Wildman–Crippen LogP) is 9.28. The van der Waals surface area contributed by atoms with E-state index < -0.39 is 0 Å². The summed E-state index contributed by atoms with van der Waals surface area (Å²) in [5.74, 6) is 0.923. The summed E-state index contributed by atoms with van der Waals surface area (Å²) in [4.78, 5) is 0. The van der Waals surface area contributed by atoms with Crippen LogP contribution in [0.5, 0.6) is 0 Å². The lowest BCUT2D eigenvalue weighted by molar-refractivity contribution is 0.632. The van der Waals surface area contributed by atoms with E-state index in [9.17, 15) is 0 Å². The van der Waals surface area contributed by atoms with Crippen LogP contribution >= 0.6 is 0 Å². The van der Waals surface area contributed by atoms with Gasteiger partial charge < -0.3 is 4.42 Å². The Morgan fingerprint density at radius 3 is 1.79 bits per heavy atom. The summed E-state index contributed by atoms with van der Waals surface area (Å²) < 4.78 is 6.33. The maximum absolute atomic E-state index is 6.33. The molecule has 0 saturated carbocycles. The van der Waals surface area contributed by atoms with Crippen LogP contribution in [0.2, 0.25) is 0 Å². The summed E-state index contributed by atoms with van der Waals surface area (Å²) in [5.41, 5.74) is 7.11. The van der Waals surface area contributed by atoms with Crippen LogP contribution in [0.25, 0.3) is 65.7 Å². The first-order valence-corrected chi connectivity index (χ1v) is 11.4. The molecule has 0 atom stereocenters. The molecule has 1 nitrogen and oxygen atoms in total. The molecule has 0 aliphatic heterocycles. The summed E-state index contributed by atoms with van der Waals surface area (Å²) >= 11 is 0. The minimum Gasteiger partial charge on any atom is -0.456 e. The van der Waals surface area contributed by atoms with E-state index in [1.165, 1.54) is 54.6 Å². The van der Waals surface area contributed by atoms with Crippen molar-refractivity contribution < 1.29 is 4.42 Å². The first-order chi connectivity index (χ1) is 16.2. The Hall–Kier alpha value is -4.10. The Balaban J connectivity index is 1.54. The highest BCUT2D eigenvalue weighted by molar-refractivity contribution is 6.27. The van der Waals surface area contributed by atoms with Crippen molar-refractivity contribution in [2.24, 2.45) is 0 Å². The van der Waals surface area contributed by atoms with Gasteiger partial charge in [0, 0.05) is 10.9 Å². The van der Waals surface area contributed by atoms with Crippen LogP contribution in [0.4, 0.5) is 0 Å². The summed E-state index contributed by atoms with van der Waals surface area (Å²) in [7, 11) is 0. The molecule has 6 aromatic carbocycles. The van der Waals surface area contributed by atoms with Gasteiger partial charge >= 0.3 is 0 Å². The van der Waals surface area contributed by atoms with Gasteiger partial charge in [-0.3, -0.25) is 0 Å². The summed E-state index contributed by atoms with van der Waals surface area (Å²) in [5, 5.41) is 8.86. The normalized spacial score (nSPS) is 11.9. The first kappa shape index (κ1) is 18.5. The van der Waals surface area contributed by atoms with Gasteiger partial charge in [-0.25, -0.2) is 0 Å². The van der Waals surface area contributed by atoms with Gasteiger partial charge in [0.15, 0.2) is 0 Å². The van der Waals surface area contributed by atoms with Gasteiger partial charge in [-0.15, -0.1) is 0 Å². The third-order valence-corrected chi connectivity index (χ3v) is 6.97. The zero-order chi connectivity index (χ0) is 22.1. The highest BCUT2D eigenvalue weighted by atomic mass is 16.3. The SMILES string of the molecule is Cc1ccc(-c2ccc3ccc4c(-c5cc6ccc(C)cc6o5)ccc5ccc2c3c54)cc1. The predicted molar refractivity (Wildman–Crippen MR) is 140 cm³/mol. The molecule has 0 saturated heterocycles. The van der Waals surface area contributed by atoms with Crippen molar-refractivity contribution in [1.29, 1.82) is 0 Å². The zero-order valence-electron chi connectivity index (χ0n) is 18.6. The molecular weight excluding hydrogens is 400 g/mol. The fraction of sp³-hybridized carbons (Fsp3) is 0.0625. The quantitative estimate of drug-likeness (QED) is 0.253. The molecule has 0 spiro atoms. The van der Waals surface area contributed by atoms with Gasteiger partial charge in [0.25, 0.3) is 0 Å². The number of fused-ring (bicyclic) bond motifs is 1. The zero-order valence-corrected chi connectivity index (χ0v) is 18.6. The Labute approximate surface area is 192 Å². The lowest BCUT2D eigenvalue weighted by Gasteiger charge is -2.16. The average Bonchev–Trinajstić information content (AvgIpc) is 3.26. The second kappa shape index (κ2) is 6.70. The van der Waals surface area contributed by atoms with Crippen molar-refractivity contribution in [1.82, 2.24) is 0 Å². The largest absolute Gasteiger partial charge is 0.456 e. The third-order valence-electron chi connectivity index (χ3n) is 6.97. The van der Waals surface area contributed by atoms with Crippen molar-refractivity contribution in [3.8, 4) is 22.5 Å². The topological polar surface area (TPSA) is 13.1 Å². The molecule has 0 radical (unpaired) electrons. The summed E-state index contributed by atoms with van der Waals surface area (Å²) in [6, 6.07) is 35.4. The molecule has 0 amide bonds. The molecule has 0 bridgehead atoms. The van der Waals surface area contributed by atoms with Crippen LogP contribution in [0.15, 0.2) is 101 Å². The van der Waals surface area contributed by atoms with Crippen molar-refractivity contribution in [2.45, 2.75) is 13.8 Å². The minimum atomic E-state index is 0.923. The number of hydrogen-bond acceptors (Lipinski definition) is 1.